The van der Waals surface area contributed by atoms with Crippen molar-refractivity contribution >= 4 is 17.4 Å². The Morgan fingerprint density at radius 1 is 1.08 bits per heavy atom. The summed E-state index contributed by atoms with van der Waals surface area (Å²) in [6.45, 7) is 3.10. The van der Waals surface area contributed by atoms with Gasteiger partial charge in [0, 0.05) is 24.6 Å². The first-order chi connectivity index (χ1) is 12.7. The van der Waals surface area contributed by atoms with Crippen molar-refractivity contribution in [2.45, 2.75) is 13.5 Å². The molecule has 0 aliphatic rings. The highest BCUT2D eigenvalue weighted by molar-refractivity contribution is 6.02. The topological polar surface area (TPSA) is 89.0 Å². The van der Waals surface area contributed by atoms with Crippen LogP contribution in [0.25, 0.3) is 0 Å². The average molecular weight is 349 g/mol. The molecule has 7 heteroatoms. The molecular formula is C19H19N5O2. The molecule has 2 N–H and O–H groups in total. The first-order valence-corrected chi connectivity index (χ1v) is 8.23. The predicted octanol–water partition coefficient (Wildman–Crippen LogP) is 3.13. The van der Waals surface area contributed by atoms with Crippen molar-refractivity contribution in [3.05, 3.63) is 72.4 Å². The standard InChI is InChI=1S/C19H19N5O2/c1-2-26-16-7-5-15(6-8-16)24-19(25)17-12-23-18(13-21-17)22-11-14-4-3-9-20-10-14/h3-10,12-13H,2,11H2,1H3,(H,22,23)(H,24,25). The SMILES string of the molecule is CCOc1ccc(NC(=O)c2cnc(NCc3cccnc3)cn2)cc1. The first-order valence-electron chi connectivity index (χ1n) is 8.23. The van der Waals surface area contributed by atoms with Gasteiger partial charge in [-0.2, -0.15) is 0 Å². The van der Waals surface area contributed by atoms with Crippen LogP contribution in [0.2, 0.25) is 0 Å². The molecule has 1 amide bonds. The maximum Gasteiger partial charge on any atom is 0.275 e. The van der Waals surface area contributed by atoms with Crippen molar-refractivity contribution in [2.24, 2.45) is 0 Å². The highest BCUT2D eigenvalue weighted by Gasteiger charge is 2.08. The number of nitrogens with zero attached hydrogens (tertiary/aromatic N) is 3. The molecule has 0 spiro atoms. The first kappa shape index (κ1) is 17.3. The normalized spacial score (nSPS) is 10.2. The molecule has 0 atom stereocenters. The number of ether oxygens (including phenoxy) is 1. The fourth-order valence-electron chi connectivity index (χ4n) is 2.23. The summed E-state index contributed by atoms with van der Waals surface area (Å²) in [5, 5.41) is 5.91. The summed E-state index contributed by atoms with van der Waals surface area (Å²) in [7, 11) is 0. The zero-order valence-electron chi connectivity index (χ0n) is 14.3. The number of nitrogens with one attached hydrogen (secondary N) is 2. The van der Waals surface area contributed by atoms with Gasteiger partial charge in [0.2, 0.25) is 0 Å². The van der Waals surface area contributed by atoms with Crippen LogP contribution in [0.4, 0.5) is 11.5 Å². The van der Waals surface area contributed by atoms with E-state index in [9.17, 15) is 4.79 Å². The molecule has 26 heavy (non-hydrogen) atoms. The van der Waals surface area contributed by atoms with Crippen LogP contribution in [-0.4, -0.2) is 27.5 Å². The fraction of sp³-hybridized carbons (Fsp3) is 0.158. The van der Waals surface area contributed by atoms with Crippen LogP contribution < -0.4 is 15.4 Å². The van der Waals surface area contributed by atoms with Gasteiger partial charge in [0.15, 0.2) is 0 Å². The molecule has 0 unspecified atom stereocenters. The molecule has 3 rings (SSSR count). The Hall–Kier alpha value is -3.48. The lowest BCUT2D eigenvalue weighted by atomic mass is 10.3. The number of pyridine rings is 1. The monoisotopic (exact) mass is 349 g/mol. The number of benzene rings is 1. The zero-order chi connectivity index (χ0) is 18.2. The quantitative estimate of drug-likeness (QED) is 0.681. The summed E-state index contributed by atoms with van der Waals surface area (Å²) < 4.78 is 5.37. The van der Waals surface area contributed by atoms with Crippen LogP contribution in [0.5, 0.6) is 5.75 Å². The Labute approximate surface area is 151 Å². The van der Waals surface area contributed by atoms with E-state index < -0.39 is 0 Å². The van der Waals surface area contributed by atoms with Crippen LogP contribution in [-0.2, 0) is 6.54 Å². The third-order valence-electron chi connectivity index (χ3n) is 3.50. The van der Waals surface area contributed by atoms with Crippen molar-refractivity contribution in [1.82, 2.24) is 15.0 Å². The Morgan fingerprint density at radius 2 is 1.92 bits per heavy atom. The van der Waals surface area contributed by atoms with Crippen LogP contribution in [0.15, 0.2) is 61.2 Å². The van der Waals surface area contributed by atoms with E-state index in [1.54, 1.807) is 36.7 Å². The molecule has 0 aliphatic heterocycles. The van der Waals surface area contributed by atoms with Gasteiger partial charge in [0.1, 0.15) is 17.3 Å². The molecule has 1 aromatic carbocycles. The molecule has 3 aromatic rings. The summed E-state index contributed by atoms with van der Waals surface area (Å²) in [6.07, 6.45) is 6.47. The van der Waals surface area contributed by atoms with Gasteiger partial charge in [-0.1, -0.05) is 6.07 Å². The number of anilines is 2. The number of amides is 1. The number of hydrogen-bond acceptors (Lipinski definition) is 6. The van der Waals surface area contributed by atoms with E-state index in [-0.39, 0.29) is 11.6 Å². The maximum atomic E-state index is 12.2. The van der Waals surface area contributed by atoms with Crippen LogP contribution in [0.3, 0.4) is 0 Å². The summed E-state index contributed by atoms with van der Waals surface area (Å²) in [6, 6.07) is 11.0. The van der Waals surface area contributed by atoms with Crippen molar-refractivity contribution in [1.29, 1.82) is 0 Å². The van der Waals surface area contributed by atoms with Gasteiger partial charge in [0.25, 0.3) is 5.91 Å². The van der Waals surface area contributed by atoms with E-state index in [0.717, 1.165) is 11.3 Å². The lowest BCUT2D eigenvalue weighted by Crippen LogP contribution is -2.14. The van der Waals surface area contributed by atoms with Crippen LogP contribution in [0, 0.1) is 0 Å². The summed E-state index contributed by atoms with van der Waals surface area (Å²) in [4.78, 5) is 24.7. The van der Waals surface area contributed by atoms with Crippen molar-refractivity contribution in [3.8, 4) is 5.75 Å². The second-order valence-electron chi connectivity index (χ2n) is 5.41. The lowest BCUT2D eigenvalue weighted by Gasteiger charge is -2.08. The van der Waals surface area contributed by atoms with Gasteiger partial charge in [-0.3, -0.25) is 9.78 Å². The van der Waals surface area contributed by atoms with E-state index in [4.69, 9.17) is 4.74 Å². The summed E-state index contributed by atoms with van der Waals surface area (Å²) in [5.74, 6) is 1.03. The van der Waals surface area contributed by atoms with E-state index in [2.05, 4.69) is 25.6 Å². The molecular weight excluding hydrogens is 330 g/mol. The third-order valence-corrected chi connectivity index (χ3v) is 3.50. The molecule has 2 aromatic heterocycles. The molecule has 0 saturated carbocycles. The summed E-state index contributed by atoms with van der Waals surface area (Å²) >= 11 is 0. The van der Waals surface area contributed by atoms with Crippen LogP contribution >= 0.6 is 0 Å². The molecule has 0 bridgehead atoms. The van der Waals surface area contributed by atoms with E-state index in [1.165, 1.54) is 12.4 Å². The minimum absolute atomic E-state index is 0.241. The molecule has 0 saturated heterocycles. The Kier molecular flexibility index (Phi) is 5.72. The highest BCUT2D eigenvalue weighted by Crippen LogP contribution is 2.16. The Morgan fingerprint density at radius 3 is 2.58 bits per heavy atom. The minimum Gasteiger partial charge on any atom is -0.494 e. The highest BCUT2D eigenvalue weighted by atomic mass is 16.5. The number of rotatable bonds is 7. The van der Waals surface area contributed by atoms with Gasteiger partial charge in [-0.05, 0) is 42.8 Å². The van der Waals surface area contributed by atoms with Crippen molar-refractivity contribution < 1.29 is 9.53 Å². The molecule has 2 heterocycles. The number of aromatic nitrogens is 3. The van der Waals surface area contributed by atoms with Gasteiger partial charge in [-0.15, -0.1) is 0 Å². The Bertz CT molecular complexity index is 836. The number of carbonyl (C=O) groups excluding carboxylic acids is 1. The zero-order valence-corrected chi connectivity index (χ0v) is 14.3. The second kappa shape index (κ2) is 8.57. The lowest BCUT2D eigenvalue weighted by molar-refractivity contribution is 0.102. The molecule has 0 radical (unpaired) electrons. The minimum atomic E-state index is -0.319. The molecule has 0 aliphatic carbocycles. The number of carbonyl (C=O) groups is 1. The van der Waals surface area contributed by atoms with Crippen molar-refractivity contribution in [2.75, 3.05) is 17.2 Å². The predicted molar refractivity (Wildman–Crippen MR) is 99.2 cm³/mol. The number of hydrogen-bond donors (Lipinski definition) is 2. The molecule has 132 valence electrons. The van der Waals surface area contributed by atoms with E-state index in [0.29, 0.717) is 24.7 Å². The maximum absolute atomic E-state index is 12.2. The molecule has 7 nitrogen and oxygen atoms in total. The second-order valence-corrected chi connectivity index (χ2v) is 5.41. The smallest absolute Gasteiger partial charge is 0.275 e. The van der Waals surface area contributed by atoms with Gasteiger partial charge in [0.05, 0.1) is 19.0 Å². The largest absolute Gasteiger partial charge is 0.494 e. The third kappa shape index (κ3) is 4.76. The van der Waals surface area contributed by atoms with Gasteiger partial charge >= 0.3 is 0 Å². The average Bonchev–Trinajstić information content (AvgIpc) is 2.69. The Balaban J connectivity index is 1.56. The van der Waals surface area contributed by atoms with Gasteiger partial charge < -0.3 is 15.4 Å². The van der Waals surface area contributed by atoms with E-state index >= 15 is 0 Å². The fourth-order valence-corrected chi connectivity index (χ4v) is 2.23. The molecule has 0 fully saturated rings. The van der Waals surface area contributed by atoms with Crippen LogP contribution in [0.1, 0.15) is 23.0 Å². The van der Waals surface area contributed by atoms with Crippen molar-refractivity contribution in [3.63, 3.8) is 0 Å². The summed E-state index contributed by atoms with van der Waals surface area (Å²) in [5.41, 5.74) is 1.94. The van der Waals surface area contributed by atoms with Gasteiger partial charge in [-0.25, -0.2) is 9.97 Å². The van der Waals surface area contributed by atoms with E-state index in [1.807, 2.05) is 19.1 Å².